The molecule has 0 aromatic heterocycles. The molecule has 2 aromatic rings. The number of carboxylic acids is 2. The molecule has 1 aliphatic heterocycles. The molecule has 9 heteroatoms. The number of benzene rings is 2. The minimum Gasteiger partial charge on any atom is -0.478 e. The van der Waals surface area contributed by atoms with Gasteiger partial charge in [-0.15, -0.1) is 0 Å². The third-order valence-corrected chi connectivity index (χ3v) is 4.39. The van der Waals surface area contributed by atoms with E-state index in [-0.39, 0.29) is 18.3 Å². The Hall–Kier alpha value is -3.61. The quantitative estimate of drug-likeness (QED) is 0.603. The Bertz CT molecular complexity index is 995. The van der Waals surface area contributed by atoms with Gasteiger partial charge in [-0.1, -0.05) is 24.3 Å². The molecule has 0 aliphatic carbocycles. The van der Waals surface area contributed by atoms with E-state index in [0.29, 0.717) is 28.8 Å². The number of ether oxygens (including phenoxy) is 1. The molecule has 3 N–H and O–H groups in total. The normalized spacial score (nSPS) is 15.2. The third kappa shape index (κ3) is 6.99. The van der Waals surface area contributed by atoms with Crippen molar-refractivity contribution in [2.24, 2.45) is 0 Å². The van der Waals surface area contributed by atoms with Gasteiger partial charge in [0.15, 0.2) is 11.6 Å². The number of hydrogen-bond acceptors (Lipinski definition) is 5. The van der Waals surface area contributed by atoms with Crippen molar-refractivity contribution in [3.8, 4) is 17.2 Å². The highest BCUT2D eigenvalue weighted by molar-refractivity contribution is 5.89. The zero-order valence-electron chi connectivity index (χ0n) is 16.3. The van der Waals surface area contributed by atoms with E-state index in [1.54, 1.807) is 18.2 Å². The predicted molar refractivity (Wildman–Crippen MR) is 107 cm³/mol. The summed E-state index contributed by atoms with van der Waals surface area (Å²) in [6, 6.07) is 11.2. The Kier molecular flexibility index (Phi) is 8.81. The van der Waals surface area contributed by atoms with E-state index in [1.165, 1.54) is 12.1 Å². The molecule has 162 valence electrons. The number of carboxylic acid groups (broad SMARTS) is 2. The minimum atomic E-state index is -1.26. The van der Waals surface area contributed by atoms with E-state index < -0.39 is 23.6 Å². The average molecular weight is 430 g/mol. The molecule has 0 bridgehead atoms. The van der Waals surface area contributed by atoms with Crippen LogP contribution in [-0.4, -0.2) is 41.3 Å². The van der Waals surface area contributed by atoms with Gasteiger partial charge in [0, 0.05) is 29.8 Å². The summed E-state index contributed by atoms with van der Waals surface area (Å²) in [6.45, 7) is 1.86. The van der Waals surface area contributed by atoms with Gasteiger partial charge >= 0.3 is 11.9 Å². The van der Waals surface area contributed by atoms with Crippen LogP contribution in [0.25, 0.3) is 11.1 Å². The van der Waals surface area contributed by atoms with Crippen LogP contribution in [0.2, 0.25) is 0 Å². The van der Waals surface area contributed by atoms with E-state index in [1.807, 2.05) is 0 Å². The SMILES string of the molecule is N#Cc1cccc(-c2cccc(F)c2F)c1CO[C@H]1CCNC1.O=C(O)C=CC(=O)O. The average Bonchev–Trinajstić information content (AvgIpc) is 3.26. The molecule has 7 nitrogen and oxygen atoms in total. The number of aliphatic carboxylic acids is 2. The number of carbonyl (C=O) groups is 2. The molecule has 3 rings (SSSR count). The van der Waals surface area contributed by atoms with E-state index in [4.69, 9.17) is 14.9 Å². The van der Waals surface area contributed by atoms with Crippen molar-refractivity contribution in [3.63, 3.8) is 0 Å². The summed E-state index contributed by atoms with van der Waals surface area (Å²) >= 11 is 0. The molecule has 0 spiro atoms. The maximum Gasteiger partial charge on any atom is 0.328 e. The Labute approximate surface area is 177 Å². The van der Waals surface area contributed by atoms with E-state index in [2.05, 4.69) is 11.4 Å². The molecule has 0 amide bonds. The topological polar surface area (TPSA) is 120 Å². The summed E-state index contributed by atoms with van der Waals surface area (Å²) in [4.78, 5) is 19.1. The molecule has 31 heavy (non-hydrogen) atoms. The zero-order chi connectivity index (χ0) is 22.8. The molecule has 0 saturated carbocycles. The van der Waals surface area contributed by atoms with Gasteiger partial charge in [-0.05, 0) is 30.7 Å². The van der Waals surface area contributed by atoms with Crippen molar-refractivity contribution >= 4 is 11.9 Å². The summed E-state index contributed by atoms with van der Waals surface area (Å²) in [6.07, 6.45) is 2.09. The van der Waals surface area contributed by atoms with Crippen LogP contribution in [-0.2, 0) is 20.9 Å². The van der Waals surface area contributed by atoms with Crippen LogP contribution in [0.4, 0.5) is 8.78 Å². The molecule has 0 unspecified atom stereocenters. The van der Waals surface area contributed by atoms with Gasteiger partial charge in [0.2, 0.25) is 0 Å². The highest BCUT2D eigenvalue weighted by Crippen LogP contribution is 2.30. The van der Waals surface area contributed by atoms with Gasteiger partial charge in [-0.2, -0.15) is 5.26 Å². The van der Waals surface area contributed by atoms with Gasteiger partial charge in [-0.3, -0.25) is 0 Å². The van der Waals surface area contributed by atoms with Crippen molar-refractivity contribution in [2.45, 2.75) is 19.1 Å². The lowest BCUT2D eigenvalue weighted by molar-refractivity contribution is -0.134. The van der Waals surface area contributed by atoms with E-state index in [9.17, 15) is 23.6 Å². The molecular formula is C22H20F2N2O5. The van der Waals surface area contributed by atoms with Gasteiger partial charge in [-0.25, -0.2) is 18.4 Å². The first-order chi connectivity index (χ1) is 14.8. The molecule has 1 fully saturated rings. The number of nitrogens with one attached hydrogen (secondary N) is 1. The van der Waals surface area contributed by atoms with Crippen LogP contribution in [0.3, 0.4) is 0 Å². The Balaban J connectivity index is 0.000000366. The fraction of sp³-hybridized carbons (Fsp3) is 0.227. The summed E-state index contributed by atoms with van der Waals surface area (Å²) < 4.78 is 33.5. The Morgan fingerprint density at radius 1 is 1.13 bits per heavy atom. The fourth-order valence-corrected chi connectivity index (χ4v) is 2.93. The van der Waals surface area contributed by atoms with Gasteiger partial charge < -0.3 is 20.3 Å². The van der Waals surface area contributed by atoms with Crippen LogP contribution in [0, 0.1) is 23.0 Å². The lowest BCUT2D eigenvalue weighted by Crippen LogP contribution is -2.17. The van der Waals surface area contributed by atoms with Crippen LogP contribution >= 0.6 is 0 Å². The smallest absolute Gasteiger partial charge is 0.328 e. The first-order valence-electron chi connectivity index (χ1n) is 9.26. The maximum atomic E-state index is 14.1. The van der Waals surface area contributed by atoms with Gasteiger partial charge in [0.25, 0.3) is 0 Å². The van der Waals surface area contributed by atoms with Crippen LogP contribution < -0.4 is 5.32 Å². The van der Waals surface area contributed by atoms with Crippen LogP contribution in [0.1, 0.15) is 17.5 Å². The first kappa shape index (κ1) is 23.7. The molecule has 1 aliphatic rings. The molecule has 0 radical (unpaired) electrons. The third-order valence-electron chi connectivity index (χ3n) is 4.39. The second kappa shape index (κ2) is 11.5. The van der Waals surface area contributed by atoms with Crippen molar-refractivity contribution in [1.29, 1.82) is 5.26 Å². The second-order valence-electron chi connectivity index (χ2n) is 6.48. The monoisotopic (exact) mass is 430 g/mol. The second-order valence-corrected chi connectivity index (χ2v) is 6.48. The molecule has 1 heterocycles. The fourth-order valence-electron chi connectivity index (χ4n) is 2.93. The van der Waals surface area contributed by atoms with Crippen molar-refractivity contribution in [3.05, 3.63) is 71.3 Å². The van der Waals surface area contributed by atoms with E-state index >= 15 is 0 Å². The molecule has 1 saturated heterocycles. The molecule has 1 atom stereocenters. The molecular weight excluding hydrogens is 410 g/mol. The zero-order valence-corrected chi connectivity index (χ0v) is 16.3. The summed E-state index contributed by atoms with van der Waals surface area (Å²) in [5.41, 5.74) is 1.64. The van der Waals surface area contributed by atoms with Gasteiger partial charge in [0.05, 0.1) is 24.3 Å². The lowest BCUT2D eigenvalue weighted by atomic mass is 9.95. The maximum absolute atomic E-state index is 14.1. The van der Waals surface area contributed by atoms with Gasteiger partial charge in [0.1, 0.15) is 0 Å². The molecule has 2 aromatic carbocycles. The van der Waals surface area contributed by atoms with Crippen molar-refractivity contribution in [2.75, 3.05) is 13.1 Å². The number of nitrogens with zero attached hydrogens (tertiary/aromatic N) is 1. The van der Waals surface area contributed by atoms with E-state index in [0.717, 1.165) is 25.6 Å². The highest BCUT2D eigenvalue weighted by Gasteiger charge is 2.19. The highest BCUT2D eigenvalue weighted by atomic mass is 19.2. The summed E-state index contributed by atoms with van der Waals surface area (Å²) in [7, 11) is 0. The Morgan fingerprint density at radius 3 is 2.35 bits per heavy atom. The van der Waals surface area contributed by atoms with Crippen LogP contribution in [0.15, 0.2) is 48.6 Å². The minimum absolute atomic E-state index is 0.0759. The lowest BCUT2D eigenvalue weighted by Gasteiger charge is -2.15. The summed E-state index contributed by atoms with van der Waals surface area (Å²) in [5, 5.41) is 28.1. The first-order valence-corrected chi connectivity index (χ1v) is 9.26. The largest absolute Gasteiger partial charge is 0.478 e. The van der Waals surface area contributed by atoms with Crippen molar-refractivity contribution in [1.82, 2.24) is 5.32 Å². The Morgan fingerprint density at radius 2 is 1.77 bits per heavy atom. The van der Waals surface area contributed by atoms with Crippen molar-refractivity contribution < 1.29 is 33.3 Å². The number of halogens is 2. The standard InChI is InChI=1S/C18H16F2N2O.C4H4O4/c19-17-6-2-5-15(18(17)20)14-4-1-3-12(9-21)16(14)11-23-13-7-8-22-10-13;5-3(6)1-2-4(7)8/h1-6,13,22H,7-8,10-11H2;1-2H,(H,5,6)(H,7,8)/t13-;/m0./s1. The predicted octanol–water partition coefficient (Wildman–Crippen LogP) is 3.09. The summed E-state index contributed by atoms with van der Waals surface area (Å²) in [5.74, 6) is -4.33. The number of hydrogen-bond donors (Lipinski definition) is 3. The number of rotatable bonds is 6. The number of nitriles is 1. The van der Waals surface area contributed by atoms with Crippen LogP contribution in [0.5, 0.6) is 0 Å².